The van der Waals surface area contributed by atoms with Crippen LogP contribution in [0.25, 0.3) is 0 Å². The maximum atomic E-state index is 11.5. The zero-order valence-electron chi connectivity index (χ0n) is 13.1. The van der Waals surface area contributed by atoms with Gasteiger partial charge in [-0.3, -0.25) is 9.69 Å². The first-order valence-corrected chi connectivity index (χ1v) is 8.26. The summed E-state index contributed by atoms with van der Waals surface area (Å²) >= 11 is 0. The van der Waals surface area contributed by atoms with Crippen LogP contribution < -0.4 is 0 Å². The lowest BCUT2D eigenvalue weighted by Crippen LogP contribution is -2.45. The smallest absolute Gasteiger partial charge is 0.321 e. The van der Waals surface area contributed by atoms with Crippen molar-refractivity contribution in [2.45, 2.75) is 64.5 Å². The molecular weight excluding hydrogens is 262 g/mol. The Morgan fingerprint density at radius 3 is 2.52 bits per heavy atom. The van der Waals surface area contributed by atoms with Gasteiger partial charge >= 0.3 is 5.97 Å². The molecule has 1 aliphatic heterocycles. The van der Waals surface area contributed by atoms with E-state index < -0.39 is 5.97 Å². The largest absolute Gasteiger partial charge is 0.480 e. The van der Waals surface area contributed by atoms with Crippen LogP contribution in [0.1, 0.15) is 56.6 Å². The lowest BCUT2D eigenvalue weighted by Gasteiger charge is -2.34. The molecule has 1 N–H and O–H groups in total. The van der Waals surface area contributed by atoms with Crippen LogP contribution in [-0.2, 0) is 17.8 Å². The van der Waals surface area contributed by atoms with E-state index in [0.717, 1.165) is 19.5 Å². The molecule has 1 unspecified atom stereocenters. The van der Waals surface area contributed by atoms with Crippen LogP contribution in [0.15, 0.2) is 24.3 Å². The minimum Gasteiger partial charge on any atom is -0.480 e. The number of carboxylic acid groups (broad SMARTS) is 1. The van der Waals surface area contributed by atoms with E-state index in [1.807, 2.05) is 12.1 Å². The number of fused-ring (bicyclic) bond motifs is 1. The van der Waals surface area contributed by atoms with E-state index in [0.29, 0.717) is 6.42 Å². The van der Waals surface area contributed by atoms with Crippen molar-refractivity contribution in [1.82, 2.24) is 4.90 Å². The molecule has 0 bridgehead atoms. The van der Waals surface area contributed by atoms with Gasteiger partial charge in [-0.1, -0.05) is 63.3 Å². The van der Waals surface area contributed by atoms with Crippen LogP contribution in [-0.4, -0.2) is 28.6 Å². The molecule has 0 aromatic heterocycles. The predicted molar refractivity (Wildman–Crippen MR) is 85.4 cm³/mol. The van der Waals surface area contributed by atoms with Crippen LogP contribution in [0.3, 0.4) is 0 Å². The minimum atomic E-state index is -0.685. The van der Waals surface area contributed by atoms with Gasteiger partial charge in [0.1, 0.15) is 6.04 Å². The van der Waals surface area contributed by atoms with E-state index in [1.54, 1.807) is 0 Å². The number of hydrogen-bond donors (Lipinski definition) is 1. The van der Waals surface area contributed by atoms with Crippen molar-refractivity contribution in [3.63, 3.8) is 0 Å². The highest BCUT2D eigenvalue weighted by atomic mass is 16.4. The quantitative estimate of drug-likeness (QED) is 0.739. The molecule has 1 aromatic rings. The van der Waals surface area contributed by atoms with Crippen LogP contribution in [0.5, 0.6) is 0 Å². The molecule has 0 radical (unpaired) electrons. The number of carboxylic acids is 1. The Morgan fingerprint density at radius 2 is 1.81 bits per heavy atom. The van der Waals surface area contributed by atoms with Crippen molar-refractivity contribution >= 4 is 5.97 Å². The number of nitrogens with zero attached hydrogens (tertiary/aromatic N) is 1. The van der Waals surface area contributed by atoms with Crippen molar-refractivity contribution in [1.29, 1.82) is 0 Å². The van der Waals surface area contributed by atoms with E-state index in [2.05, 4.69) is 24.0 Å². The van der Waals surface area contributed by atoms with E-state index in [-0.39, 0.29) is 6.04 Å². The van der Waals surface area contributed by atoms with Crippen molar-refractivity contribution in [2.75, 3.05) is 6.54 Å². The van der Waals surface area contributed by atoms with Crippen LogP contribution in [0.4, 0.5) is 0 Å². The zero-order chi connectivity index (χ0) is 15.1. The van der Waals surface area contributed by atoms with Gasteiger partial charge in [0.2, 0.25) is 0 Å². The van der Waals surface area contributed by atoms with Crippen molar-refractivity contribution in [2.24, 2.45) is 0 Å². The van der Waals surface area contributed by atoms with Crippen LogP contribution in [0, 0.1) is 0 Å². The van der Waals surface area contributed by atoms with Crippen molar-refractivity contribution in [3.05, 3.63) is 35.4 Å². The standard InChI is InChI=1S/C18H27NO2/c1-2-3-4-5-6-9-12-19-14-16-11-8-7-10-15(16)13-17(19)18(20)21/h7-8,10-11,17H,2-6,9,12-14H2,1H3,(H,20,21). The maximum Gasteiger partial charge on any atom is 0.321 e. The Hall–Kier alpha value is -1.35. The lowest BCUT2D eigenvalue weighted by molar-refractivity contribution is -0.144. The van der Waals surface area contributed by atoms with E-state index in [9.17, 15) is 9.90 Å². The number of unbranched alkanes of at least 4 members (excludes halogenated alkanes) is 5. The Morgan fingerprint density at radius 1 is 1.14 bits per heavy atom. The first kappa shape index (κ1) is 16.0. The molecular formula is C18H27NO2. The molecule has 3 heteroatoms. The maximum absolute atomic E-state index is 11.5. The second-order valence-electron chi connectivity index (χ2n) is 6.07. The SMILES string of the molecule is CCCCCCCCN1Cc2ccccc2CC1C(=O)O. The molecule has 2 rings (SSSR count). The Kier molecular flexibility index (Phi) is 6.24. The molecule has 0 fully saturated rings. The Bertz CT molecular complexity index is 458. The summed E-state index contributed by atoms with van der Waals surface area (Å²) < 4.78 is 0. The third kappa shape index (κ3) is 4.57. The molecule has 1 heterocycles. The molecule has 116 valence electrons. The summed E-state index contributed by atoms with van der Waals surface area (Å²) in [6, 6.07) is 7.88. The summed E-state index contributed by atoms with van der Waals surface area (Å²) in [5, 5.41) is 9.47. The molecule has 3 nitrogen and oxygen atoms in total. The minimum absolute atomic E-state index is 0.351. The normalized spacial score (nSPS) is 18.4. The van der Waals surface area contributed by atoms with Crippen molar-refractivity contribution < 1.29 is 9.90 Å². The van der Waals surface area contributed by atoms with Gasteiger partial charge in [-0.05, 0) is 30.5 Å². The fraction of sp³-hybridized carbons (Fsp3) is 0.611. The summed E-state index contributed by atoms with van der Waals surface area (Å²) in [7, 11) is 0. The zero-order valence-corrected chi connectivity index (χ0v) is 13.1. The summed E-state index contributed by atoms with van der Waals surface area (Å²) in [6.07, 6.45) is 8.12. The highest BCUT2D eigenvalue weighted by Crippen LogP contribution is 2.24. The number of rotatable bonds is 8. The highest BCUT2D eigenvalue weighted by Gasteiger charge is 2.30. The molecule has 0 aliphatic carbocycles. The summed E-state index contributed by atoms with van der Waals surface area (Å²) in [5.74, 6) is -0.685. The third-order valence-corrected chi connectivity index (χ3v) is 4.43. The van der Waals surface area contributed by atoms with Gasteiger partial charge in [0.05, 0.1) is 0 Å². The molecule has 21 heavy (non-hydrogen) atoms. The number of benzene rings is 1. The predicted octanol–water partition coefficient (Wildman–Crippen LogP) is 3.86. The van der Waals surface area contributed by atoms with Crippen LogP contribution in [0.2, 0.25) is 0 Å². The summed E-state index contributed by atoms with van der Waals surface area (Å²) in [4.78, 5) is 13.7. The fourth-order valence-corrected chi connectivity index (χ4v) is 3.15. The average Bonchev–Trinajstić information content (AvgIpc) is 2.49. The topological polar surface area (TPSA) is 40.5 Å². The summed E-state index contributed by atoms with van der Waals surface area (Å²) in [6.45, 7) is 3.90. The Balaban J connectivity index is 1.87. The molecule has 0 spiro atoms. The molecule has 0 saturated carbocycles. The van der Waals surface area contributed by atoms with Gasteiger partial charge in [0, 0.05) is 6.54 Å². The first-order valence-electron chi connectivity index (χ1n) is 8.26. The number of carbonyl (C=O) groups is 1. The number of hydrogen-bond acceptors (Lipinski definition) is 2. The van der Waals surface area contributed by atoms with Gasteiger partial charge in [-0.25, -0.2) is 0 Å². The monoisotopic (exact) mass is 289 g/mol. The molecule has 1 atom stereocenters. The average molecular weight is 289 g/mol. The van der Waals surface area contributed by atoms with Gasteiger partial charge in [-0.15, -0.1) is 0 Å². The fourth-order valence-electron chi connectivity index (χ4n) is 3.15. The number of aliphatic carboxylic acids is 1. The van der Waals surface area contributed by atoms with Gasteiger partial charge in [0.25, 0.3) is 0 Å². The second kappa shape index (κ2) is 8.18. The van der Waals surface area contributed by atoms with E-state index in [1.165, 1.54) is 43.2 Å². The lowest BCUT2D eigenvalue weighted by atomic mass is 9.93. The van der Waals surface area contributed by atoms with Gasteiger partial charge < -0.3 is 5.11 Å². The third-order valence-electron chi connectivity index (χ3n) is 4.43. The molecule has 0 saturated heterocycles. The van der Waals surface area contributed by atoms with Gasteiger partial charge in [-0.2, -0.15) is 0 Å². The summed E-state index contributed by atoms with van der Waals surface area (Å²) in [5.41, 5.74) is 2.49. The highest BCUT2D eigenvalue weighted by molar-refractivity contribution is 5.74. The molecule has 1 aromatic carbocycles. The Labute approximate surface area is 128 Å². The molecule has 1 aliphatic rings. The van der Waals surface area contributed by atoms with E-state index in [4.69, 9.17) is 0 Å². The second-order valence-corrected chi connectivity index (χ2v) is 6.07. The molecule has 0 amide bonds. The first-order chi connectivity index (χ1) is 10.2. The van der Waals surface area contributed by atoms with Crippen LogP contribution >= 0.6 is 0 Å². The van der Waals surface area contributed by atoms with E-state index >= 15 is 0 Å². The van der Waals surface area contributed by atoms with Gasteiger partial charge in [0.15, 0.2) is 0 Å². The van der Waals surface area contributed by atoms with Crippen molar-refractivity contribution in [3.8, 4) is 0 Å².